The molecule has 5 rings (SSSR count). The Hall–Kier alpha value is -4.20. The lowest BCUT2D eigenvalue weighted by Crippen LogP contribution is -2.38. The molecule has 0 unspecified atom stereocenters. The first-order chi connectivity index (χ1) is 19.2. The lowest BCUT2D eigenvalue weighted by Gasteiger charge is -2.34. The molecule has 3 N–H and O–H groups in total. The maximum atomic E-state index is 13.0. The van der Waals surface area contributed by atoms with Crippen LogP contribution < -0.4 is 10.6 Å². The van der Waals surface area contributed by atoms with Crippen LogP contribution in [0.2, 0.25) is 0 Å². The molecule has 0 radical (unpaired) electrons. The second kappa shape index (κ2) is 11.5. The van der Waals surface area contributed by atoms with Crippen LogP contribution in [0.3, 0.4) is 0 Å². The van der Waals surface area contributed by atoms with Crippen LogP contribution in [0.5, 0.6) is 0 Å². The number of pyridine rings is 1. The van der Waals surface area contributed by atoms with E-state index in [4.69, 9.17) is 4.98 Å². The van der Waals surface area contributed by atoms with Gasteiger partial charge in [-0.3, -0.25) is 14.6 Å². The summed E-state index contributed by atoms with van der Waals surface area (Å²) >= 11 is 0. The van der Waals surface area contributed by atoms with Gasteiger partial charge in [-0.15, -0.1) is 0 Å². The third-order valence-corrected chi connectivity index (χ3v) is 8.40. The van der Waals surface area contributed by atoms with E-state index in [2.05, 4.69) is 10.6 Å². The Morgan fingerprint density at radius 3 is 2.25 bits per heavy atom. The molecule has 2 saturated carbocycles. The van der Waals surface area contributed by atoms with Crippen LogP contribution in [0.25, 0.3) is 22.4 Å². The van der Waals surface area contributed by atoms with E-state index in [1.807, 2.05) is 72.6 Å². The van der Waals surface area contributed by atoms with E-state index in [0.717, 1.165) is 66.5 Å². The lowest BCUT2D eigenvalue weighted by molar-refractivity contribution is -0.130. The van der Waals surface area contributed by atoms with Crippen molar-refractivity contribution in [1.29, 1.82) is 0 Å². The molecular weight excluding hydrogens is 504 g/mol. The number of nitrogens with one attached hydrogen (secondary N) is 2. The highest BCUT2D eigenvalue weighted by Crippen LogP contribution is 2.46. The smallest absolute Gasteiger partial charge is 0.405 e. The molecule has 0 aliphatic heterocycles. The average Bonchev–Trinajstić information content (AvgIpc) is 3.73. The molecule has 2 aliphatic carbocycles. The number of benzene rings is 2. The second-order valence-electron chi connectivity index (χ2n) is 11.1. The predicted molar refractivity (Wildman–Crippen MR) is 155 cm³/mol. The van der Waals surface area contributed by atoms with Crippen molar-refractivity contribution in [2.24, 2.45) is 5.92 Å². The molecule has 0 bridgehead atoms. The third-order valence-electron chi connectivity index (χ3n) is 8.40. The van der Waals surface area contributed by atoms with Crippen molar-refractivity contribution in [3.8, 4) is 22.4 Å². The molecule has 0 spiro atoms. The van der Waals surface area contributed by atoms with Crippen LogP contribution in [0.4, 0.5) is 10.5 Å². The average molecular weight is 541 g/mol. The van der Waals surface area contributed by atoms with Gasteiger partial charge in [-0.25, -0.2) is 4.79 Å². The fourth-order valence-corrected chi connectivity index (χ4v) is 5.83. The first-order valence-electron chi connectivity index (χ1n) is 13.9. The predicted octanol–water partition coefficient (Wildman–Crippen LogP) is 6.04. The van der Waals surface area contributed by atoms with E-state index in [1.165, 1.54) is 0 Å². The zero-order chi connectivity index (χ0) is 28.3. The summed E-state index contributed by atoms with van der Waals surface area (Å²) < 4.78 is 0. The van der Waals surface area contributed by atoms with Crippen LogP contribution in [-0.2, 0) is 15.1 Å². The molecule has 8 heteroatoms. The second-order valence-corrected chi connectivity index (χ2v) is 11.1. The highest BCUT2D eigenvalue weighted by atomic mass is 16.4. The van der Waals surface area contributed by atoms with Crippen molar-refractivity contribution in [1.82, 2.24) is 15.2 Å². The Kier molecular flexibility index (Phi) is 7.87. The van der Waals surface area contributed by atoms with Crippen molar-refractivity contribution >= 4 is 23.6 Å². The number of carbonyl (C=O) groups excluding carboxylic acids is 2. The number of carboxylic acid groups (broad SMARTS) is 1. The monoisotopic (exact) mass is 540 g/mol. The molecule has 0 saturated heterocycles. The third kappa shape index (κ3) is 6.17. The van der Waals surface area contributed by atoms with Crippen LogP contribution in [0, 0.1) is 5.92 Å². The molecule has 2 aromatic carbocycles. The van der Waals surface area contributed by atoms with E-state index in [-0.39, 0.29) is 17.9 Å². The zero-order valence-electron chi connectivity index (χ0n) is 23.0. The van der Waals surface area contributed by atoms with Gasteiger partial charge in [0.05, 0.1) is 23.1 Å². The number of rotatable bonds is 8. The van der Waals surface area contributed by atoms with E-state index >= 15 is 0 Å². The van der Waals surface area contributed by atoms with Crippen LogP contribution >= 0.6 is 0 Å². The van der Waals surface area contributed by atoms with Crippen LogP contribution in [0.15, 0.2) is 66.9 Å². The van der Waals surface area contributed by atoms with Gasteiger partial charge >= 0.3 is 6.09 Å². The minimum absolute atomic E-state index is 0.0260. The van der Waals surface area contributed by atoms with Crippen LogP contribution in [-0.4, -0.2) is 46.0 Å². The molecule has 3 aromatic rings. The maximum Gasteiger partial charge on any atom is 0.405 e. The zero-order valence-corrected chi connectivity index (χ0v) is 23.0. The fraction of sp³-hybridized carbons (Fsp3) is 0.375. The standard InChI is InChI=1S/C32H36N4O4/c1-21(37)36(2)27-14-8-22(9-15-27)18-29(38)34-26-19-28(23-6-4-3-5-7-23)30(33-20-26)24-10-12-25(13-11-24)32(16-17-32)35-31(39)40/h3-7,10-13,19-20,22,27,35H,8-9,14-18H2,1-2H3,(H,34,38)(H,39,40). The highest BCUT2D eigenvalue weighted by Gasteiger charge is 2.45. The Morgan fingerprint density at radius 1 is 0.975 bits per heavy atom. The van der Waals surface area contributed by atoms with Gasteiger partial charge in [-0.2, -0.15) is 0 Å². The quantitative estimate of drug-likeness (QED) is 0.323. The molecule has 8 nitrogen and oxygen atoms in total. The molecule has 3 amide bonds. The molecular formula is C32H36N4O4. The molecule has 208 valence electrons. The Bertz CT molecular complexity index is 1380. The van der Waals surface area contributed by atoms with Crippen molar-refractivity contribution in [3.63, 3.8) is 0 Å². The van der Waals surface area contributed by atoms with Crippen LogP contribution in [0.1, 0.15) is 57.4 Å². The minimum Gasteiger partial charge on any atom is -0.465 e. The minimum atomic E-state index is -1.01. The summed E-state index contributed by atoms with van der Waals surface area (Å²) in [6.07, 6.45) is 6.43. The van der Waals surface area contributed by atoms with E-state index < -0.39 is 11.6 Å². The number of aromatic nitrogens is 1. The SMILES string of the molecule is CC(=O)N(C)C1CCC(CC(=O)Nc2cnc(-c3ccc(C4(NC(=O)O)CC4)cc3)c(-c3ccccc3)c2)CC1. The topological polar surface area (TPSA) is 112 Å². The van der Waals surface area contributed by atoms with Crippen molar-refractivity contribution in [2.75, 3.05) is 12.4 Å². The van der Waals surface area contributed by atoms with E-state index in [1.54, 1.807) is 13.1 Å². The summed E-state index contributed by atoms with van der Waals surface area (Å²) in [7, 11) is 1.86. The lowest BCUT2D eigenvalue weighted by atomic mass is 9.83. The molecule has 40 heavy (non-hydrogen) atoms. The molecule has 1 heterocycles. The number of hydrogen-bond acceptors (Lipinski definition) is 4. The number of nitrogens with zero attached hydrogens (tertiary/aromatic N) is 2. The number of hydrogen-bond donors (Lipinski definition) is 3. The van der Waals surface area contributed by atoms with E-state index in [9.17, 15) is 19.5 Å². The Labute approximate surface area is 234 Å². The molecule has 2 aliphatic rings. The summed E-state index contributed by atoms with van der Waals surface area (Å²) in [6.45, 7) is 1.60. The number of amides is 3. The molecule has 0 atom stereocenters. The first-order valence-corrected chi connectivity index (χ1v) is 13.9. The number of anilines is 1. The maximum absolute atomic E-state index is 13.0. The normalized spacial score (nSPS) is 19.4. The summed E-state index contributed by atoms with van der Waals surface area (Å²) in [5.41, 5.74) is 4.71. The van der Waals surface area contributed by atoms with Gasteiger partial charge < -0.3 is 20.6 Å². The summed E-state index contributed by atoms with van der Waals surface area (Å²) in [5, 5.41) is 14.9. The molecule has 1 aromatic heterocycles. The van der Waals surface area contributed by atoms with Crippen molar-refractivity contribution in [3.05, 3.63) is 72.4 Å². The van der Waals surface area contributed by atoms with Crippen molar-refractivity contribution in [2.45, 2.75) is 63.5 Å². The van der Waals surface area contributed by atoms with Gasteiger partial charge in [-0.1, -0.05) is 54.6 Å². The van der Waals surface area contributed by atoms with Gasteiger partial charge in [0.1, 0.15) is 0 Å². The van der Waals surface area contributed by atoms with Gasteiger partial charge in [0, 0.05) is 37.6 Å². The van der Waals surface area contributed by atoms with Gasteiger partial charge in [0.25, 0.3) is 0 Å². The Balaban J connectivity index is 1.31. The summed E-state index contributed by atoms with van der Waals surface area (Å²) in [4.78, 5) is 42.5. The largest absolute Gasteiger partial charge is 0.465 e. The molecule has 2 fully saturated rings. The number of carbonyl (C=O) groups is 3. The summed E-state index contributed by atoms with van der Waals surface area (Å²) in [6, 6.07) is 20.1. The highest BCUT2D eigenvalue weighted by molar-refractivity contribution is 5.93. The van der Waals surface area contributed by atoms with E-state index in [0.29, 0.717) is 18.0 Å². The van der Waals surface area contributed by atoms with Gasteiger partial charge in [-0.05, 0) is 61.6 Å². The first kappa shape index (κ1) is 27.4. The van der Waals surface area contributed by atoms with Crippen molar-refractivity contribution < 1.29 is 19.5 Å². The van der Waals surface area contributed by atoms with Gasteiger partial charge in [0.15, 0.2) is 0 Å². The Morgan fingerprint density at radius 2 is 1.65 bits per heavy atom. The fourth-order valence-electron chi connectivity index (χ4n) is 5.83. The van der Waals surface area contributed by atoms with Gasteiger partial charge in [0.2, 0.25) is 11.8 Å². The summed E-state index contributed by atoms with van der Waals surface area (Å²) in [5.74, 6) is 0.368.